The van der Waals surface area contributed by atoms with E-state index in [0.29, 0.717) is 0 Å². The molecule has 0 aliphatic carbocycles. The Kier molecular flexibility index (Phi) is 8.28. The van der Waals surface area contributed by atoms with E-state index in [0.717, 1.165) is 101 Å². The maximum absolute atomic E-state index is 7.74. The van der Waals surface area contributed by atoms with Crippen LogP contribution in [0.25, 0.3) is 33.2 Å². The zero-order valence-electron chi connectivity index (χ0n) is 28.7. The predicted molar refractivity (Wildman–Crippen MR) is 208 cm³/mol. The lowest BCUT2D eigenvalue weighted by molar-refractivity contribution is 0.170. The van der Waals surface area contributed by atoms with Gasteiger partial charge in [-0.25, -0.2) is 19.9 Å². The molecule has 2 atom stereocenters. The van der Waals surface area contributed by atoms with Crippen molar-refractivity contribution in [3.63, 3.8) is 0 Å². The number of H-pyrrole nitrogens is 3. The average Bonchev–Trinajstić information content (AvgIpc) is 4.00. The van der Waals surface area contributed by atoms with Crippen molar-refractivity contribution in [1.82, 2.24) is 40.1 Å². The largest absolute Gasteiger partial charge is 0.356 e. The van der Waals surface area contributed by atoms with Crippen molar-refractivity contribution in [2.75, 3.05) is 36.0 Å². The van der Waals surface area contributed by atoms with Gasteiger partial charge in [-0.3, -0.25) is 5.10 Å². The van der Waals surface area contributed by atoms with Gasteiger partial charge in [-0.05, 0) is 66.6 Å². The summed E-state index contributed by atoms with van der Waals surface area (Å²) in [5, 5.41) is 9.26. The number of aromatic nitrogens is 8. The number of piperidine rings is 2. The van der Waals surface area contributed by atoms with Gasteiger partial charge in [0.1, 0.15) is 35.6 Å². The summed E-state index contributed by atoms with van der Waals surface area (Å²) in [4.78, 5) is 29.6. The Hall–Kier alpha value is -5.11. The Bertz CT molecular complexity index is 2310. The Morgan fingerprint density at radius 3 is 1.71 bits per heavy atom. The highest BCUT2D eigenvalue weighted by Crippen LogP contribution is 2.47. The highest BCUT2D eigenvalue weighted by molar-refractivity contribution is 9.10. The number of hydrogen-bond donors (Lipinski definition) is 5. The minimum absolute atomic E-state index is 0.346. The lowest BCUT2D eigenvalue weighted by Gasteiger charge is -2.54. The molecule has 2 fully saturated rings. The van der Waals surface area contributed by atoms with Crippen LogP contribution in [0.15, 0.2) is 103 Å². The van der Waals surface area contributed by atoms with E-state index < -0.39 is 5.41 Å². The van der Waals surface area contributed by atoms with Gasteiger partial charge < -0.3 is 31.2 Å². The average molecular weight is 758 g/mol. The molecular formula is C39H41BrN12. The molecule has 13 heteroatoms. The van der Waals surface area contributed by atoms with Crippen molar-refractivity contribution in [2.24, 2.45) is 11.5 Å². The highest BCUT2D eigenvalue weighted by atomic mass is 79.9. The number of halogens is 1. The van der Waals surface area contributed by atoms with Gasteiger partial charge in [0.25, 0.3) is 0 Å². The maximum Gasteiger partial charge on any atom is 0.142 e. The van der Waals surface area contributed by atoms with Gasteiger partial charge >= 0.3 is 0 Å². The van der Waals surface area contributed by atoms with E-state index in [4.69, 9.17) is 21.4 Å². The summed E-state index contributed by atoms with van der Waals surface area (Å²) in [5.41, 5.74) is 20.9. The summed E-state index contributed by atoms with van der Waals surface area (Å²) >= 11 is 3.78. The summed E-state index contributed by atoms with van der Waals surface area (Å²) in [6, 6.07) is 20.9. The molecule has 52 heavy (non-hydrogen) atoms. The third kappa shape index (κ3) is 5.46. The molecule has 2 aliphatic rings. The second-order valence-corrected chi connectivity index (χ2v) is 15.2. The van der Waals surface area contributed by atoms with Crippen molar-refractivity contribution >= 4 is 49.6 Å². The monoisotopic (exact) mass is 756 g/mol. The van der Waals surface area contributed by atoms with Crippen LogP contribution in [-0.2, 0) is 10.8 Å². The quantitative estimate of drug-likeness (QED) is 0.128. The number of aromatic amines is 3. The molecule has 2 unspecified atom stereocenters. The third-order valence-corrected chi connectivity index (χ3v) is 12.4. The van der Waals surface area contributed by atoms with Gasteiger partial charge in [0, 0.05) is 77.7 Å². The van der Waals surface area contributed by atoms with Crippen molar-refractivity contribution in [3.05, 3.63) is 114 Å². The smallest absolute Gasteiger partial charge is 0.142 e. The van der Waals surface area contributed by atoms with Crippen LogP contribution in [0.3, 0.4) is 0 Å². The number of nitrogens with one attached hydrogen (secondary N) is 3. The zero-order chi connectivity index (χ0) is 35.3. The molecule has 0 bridgehead atoms. The first-order valence-electron chi connectivity index (χ1n) is 17.9. The van der Waals surface area contributed by atoms with Gasteiger partial charge in [0.05, 0.1) is 17.0 Å². The lowest BCUT2D eigenvalue weighted by Crippen LogP contribution is -2.67. The first-order valence-corrected chi connectivity index (χ1v) is 18.7. The molecule has 12 nitrogen and oxygen atoms in total. The van der Waals surface area contributed by atoms with Crippen LogP contribution in [0.5, 0.6) is 0 Å². The molecule has 2 saturated heterocycles. The first kappa shape index (κ1) is 32.8. The molecule has 7 N–H and O–H groups in total. The highest BCUT2D eigenvalue weighted by Gasteiger charge is 2.51. The van der Waals surface area contributed by atoms with Crippen molar-refractivity contribution < 1.29 is 0 Å². The normalized spacial score (nSPS) is 18.5. The molecule has 7 heterocycles. The van der Waals surface area contributed by atoms with Crippen LogP contribution in [0.2, 0.25) is 0 Å². The van der Waals surface area contributed by atoms with Gasteiger partial charge in [-0.1, -0.05) is 52.3 Å². The fourth-order valence-corrected chi connectivity index (χ4v) is 9.39. The second kappa shape index (κ2) is 13.1. The van der Waals surface area contributed by atoms with Gasteiger partial charge in [0.2, 0.25) is 0 Å². The molecule has 5 aromatic heterocycles. The van der Waals surface area contributed by atoms with E-state index in [9.17, 15) is 0 Å². The summed E-state index contributed by atoms with van der Waals surface area (Å²) in [5.74, 6) is 1.90. The Balaban J connectivity index is 1.09. The first-order chi connectivity index (χ1) is 25.4. The number of hydrogen-bond acceptors (Lipinski definition) is 9. The standard InChI is InChI=1S/C39H41BrN12/c40-29-6-2-5-28(20-29)39(11-17-52(18-12-39)37-31-8-14-44-35(31)46-24-48-37)33(42)32(41)38(27-4-1-3-25(19-27)26-21-49-50-22-26)9-15-51(16-10-38)36-30-7-13-43-34(30)45-23-47-36/h1-8,13-14,19-24,32-33H,9-12,15-18,41-42H2,(H,49,50)(H,43,45,47)(H,44,46,48). The van der Waals surface area contributed by atoms with Crippen LogP contribution >= 0.6 is 15.9 Å². The van der Waals surface area contributed by atoms with Gasteiger partial charge in [0.15, 0.2) is 0 Å². The molecule has 9 rings (SSSR count). The molecular weight excluding hydrogens is 716 g/mol. The second-order valence-electron chi connectivity index (χ2n) is 14.3. The van der Waals surface area contributed by atoms with Crippen molar-refractivity contribution in [1.29, 1.82) is 0 Å². The molecule has 2 aliphatic heterocycles. The van der Waals surface area contributed by atoms with Gasteiger partial charge in [-0.15, -0.1) is 0 Å². The van der Waals surface area contributed by atoms with Crippen LogP contribution in [-0.4, -0.2) is 78.4 Å². The number of benzene rings is 2. The topological polar surface area (TPSA) is 170 Å². The van der Waals surface area contributed by atoms with Crippen molar-refractivity contribution in [2.45, 2.75) is 48.6 Å². The van der Waals surface area contributed by atoms with E-state index >= 15 is 0 Å². The number of rotatable bonds is 8. The summed E-state index contributed by atoms with van der Waals surface area (Å²) in [7, 11) is 0. The van der Waals surface area contributed by atoms with E-state index in [1.54, 1.807) is 12.7 Å². The number of anilines is 2. The molecule has 0 spiro atoms. The Morgan fingerprint density at radius 2 is 1.19 bits per heavy atom. The van der Waals surface area contributed by atoms with Crippen LogP contribution in [0.4, 0.5) is 11.6 Å². The molecule has 0 radical (unpaired) electrons. The molecule has 7 aromatic rings. The van der Waals surface area contributed by atoms with Crippen LogP contribution < -0.4 is 21.3 Å². The molecule has 0 amide bonds. The minimum Gasteiger partial charge on any atom is -0.356 e. The number of nitrogens with zero attached hydrogens (tertiary/aromatic N) is 7. The molecule has 0 saturated carbocycles. The SMILES string of the molecule is NC(C(N)C1(c2cccc(-c3cn[nH]c3)c2)CCN(c2ncnc3[nH]ccc23)CC1)C1(c2cccc(Br)c2)CCN(c2ncnc3[nH]ccc23)CC1. The van der Waals surface area contributed by atoms with Crippen LogP contribution in [0.1, 0.15) is 36.8 Å². The molecule has 264 valence electrons. The van der Waals surface area contributed by atoms with E-state index in [2.05, 4.69) is 117 Å². The summed E-state index contributed by atoms with van der Waals surface area (Å²) in [6.07, 6.45) is 14.2. The predicted octanol–water partition coefficient (Wildman–Crippen LogP) is 5.81. The summed E-state index contributed by atoms with van der Waals surface area (Å²) < 4.78 is 1.04. The van der Waals surface area contributed by atoms with E-state index in [-0.39, 0.29) is 17.5 Å². The number of fused-ring (bicyclic) bond motifs is 2. The fraction of sp³-hybridized carbons (Fsp3) is 0.308. The fourth-order valence-electron chi connectivity index (χ4n) is 8.99. The van der Waals surface area contributed by atoms with Crippen LogP contribution in [0, 0.1) is 0 Å². The van der Waals surface area contributed by atoms with E-state index in [1.165, 1.54) is 11.1 Å². The van der Waals surface area contributed by atoms with Crippen molar-refractivity contribution in [3.8, 4) is 11.1 Å². The Morgan fingerprint density at radius 1 is 0.654 bits per heavy atom. The van der Waals surface area contributed by atoms with Gasteiger partial charge in [-0.2, -0.15) is 5.10 Å². The molecule has 2 aromatic carbocycles. The summed E-state index contributed by atoms with van der Waals surface area (Å²) in [6.45, 7) is 3.15. The van der Waals surface area contributed by atoms with E-state index in [1.807, 2.05) is 24.8 Å². The zero-order valence-corrected chi connectivity index (χ0v) is 30.3. The lowest BCUT2D eigenvalue weighted by atomic mass is 9.58. The minimum atomic E-state index is -0.403. The Labute approximate surface area is 309 Å². The number of nitrogens with two attached hydrogens (primary N) is 2. The maximum atomic E-state index is 7.74. The third-order valence-electron chi connectivity index (χ3n) is 11.9.